The van der Waals surface area contributed by atoms with Crippen molar-refractivity contribution in [2.45, 2.75) is 12.8 Å². The maximum absolute atomic E-state index is 13.2. The van der Waals surface area contributed by atoms with Gasteiger partial charge >= 0.3 is 0 Å². The average Bonchev–Trinajstić information content (AvgIpc) is 3.23. The standard InChI is InChI=1S/C23H23ClN4O2/c1-30-18-7-9-19-15(14-18)2-8-20-21(19)25-26-22(20)23(29)28-12-10-27(11-13-28)17-5-3-16(24)4-6-17/h3-7,9,14H,2,8,10-13H2,1H3,(H,25,26). The Labute approximate surface area is 180 Å². The van der Waals surface area contributed by atoms with Crippen molar-refractivity contribution in [3.8, 4) is 17.0 Å². The van der Waals surface area contributed by atoms with Crippen LogP contribution in [0.2, 0.25) is 5.02 Å². The predicted octanol–water partition coefficient (Wildman–Crippen LogP) is 3.80. The molecule has 2 aliphatic rings. The number of carbonyl (C=O) groups is 1. The van der Waals surface area contributed by atoms with Crippen molar-refractivity contribution in [3.05, 3.63) is 64.3 Å². The zero-order chi connectivity index (χ0) is 20.7. The quantitative estimate of drug-likeness (QED) is 0.697. The Hall–Kier alpha value is -2.99. The van der Waals surface area contributed by atoms with Gasteiger partial charge in [-0.15, -0.1) is 0 Å². The van der Waals surface area contributed by atoms with Crippen molar-refractivity contribution in [2.75, 3.05) is 38.2 Å². The molecule has 0 bridgehead atoms. The fourth-order valence-corrected chi connectivity index (χ4v) is 4.51. The van der Waals surface area contributed by atoms with Crippen LogP contribution in [-0.4, -0.2) is 54.3 Å². The van der Waals surface area contributed by atoms with E-state index >= 15 is 0 Å². The second-order valence-corrected chi connectivity index (χ2v) is 8.14. The van der Waals surface area contributed by atoms with Crippen LogP contribution in [0.5, 0.6) is 5.75 Å². The molecule has 1 amide bonds. The molecule has 0 saturated carbocycles. The molecule has 6 nitrogen and oxygen atoms in total. The zero-order valence-corrected chi connectivity index (χ0v) is 17.6. The van der Waals surface area contributed by atoms with Gasteiger partial charge in [-0.1, -0.05) is 11.6 Å². The molecule has 5 rings (SSSR count). The summed E-state index contributed by atoms with van der Waals surface area (Å²) in [7, 11) is 1.67. The molecule has 3 aromatic rings. The molecule has 1 fully saturated rings. The Balaban J connectivity index is 1.32. The van der Waals surface area contributed by atoms with E-state index in [2.05, 4.69) is 21.2 Å². The van der Waals surface area contributed by atoms with Crippen molar-refractivity contribution in [1.82, 2.24) is 15.1 Å². The number of benzene rings is 2. The molecular weight excluding hydrogens is 400 g/mol. The van der Waals surface area contributed by atoms with Crippen LogP contribution in [0.4, 0.5) is 5.69 Å². The number of hydrogen-bond acceptors (Lipinski definition) is 4. The fourth-order valence-electron chi connectivity index (χ4n) is 4.38. The van der Waals surface area contributed by atoms with Gasteiger partial charge in [-0.25, -0.2) is 0 Å². The van der Waals surface area contributed by atoms with Crippen LogP contribution >= 0.6 is 11.6 Å². The smallest absolute Gasteiger partial charge is 0.272 e. The maximum atomic E-state index is 13.2. The van der Waals surface area contributed by atoms with Crippen LogP contribution in [0.25, 0.3) is 11.3 Å². The van der Waals surface area contributed by atoms with Gasteiger partial charge in [0.1, 0.15) is 11.4 Å². The summed E-state index contributed by atoms with van der Waals surface area (Å²) in [4.78, 5) is 17.4. The van der Waals surface area contributed by atoms with Crippen molar-refractivity contribution in [2.24, 2.45) is 0 Å². The summed E-state index contributed by atoms with van der Waals surface area (Å²) in [6, 6.07) is 13.9. The van der Waals surface area contributed by atoms with Crippen LogP contribution in [0.1, 0.15) is 21.6 Å². The Bertz CT molecular complexity index is 1090. The number of hydrogen-bond donors (Lipinski definition) is 1. The first kappa shape index (κ1) is 19.0. The molecule has 30 heavy (non-hydrogen) atoms. The number of aryl methyl sites for hydroxylation is 1. The number of methoxy groups -OCH3 is 1. The number of nitrogens with one attached hydrogen (secondary N) is 1. The van der Waals surface area contributed by atoms with Gasteiger partial charge in [0.25, 0.3) is 5.91 Å². The molecule has 1 saturated heterocycles. The number of carbonyl (C=O) groups excluding carboxylic acids is 1. The molecule has 0 unspecified atom stereocenters. The van der Waals surface area contributed by atoms with Gasteiger partial charge in [0.05, 0.1) is 12.8 Å². The molecule has 0 radical (unpaired) electrons. The Morgan fingerprint density at radius 1 is 1.07 bits per heavy atom. The van der Waals surface area contributed by atoms with Crippen molar-refractivity contribution >= 4 is 23.2 Å². The van der Waals surface area contributed by atoms with Gasteiger partial charge in [0.2, 0.25) is 0 Å². The summed E-state index contributed by atoms with van der Waals surface area (Å²) in [5.74, 6) is 0.888. The number of piperazine rings is 1. The molecule has 0 atom stereocenters. The first-order valence-corrected chi connectivity index (χ1v) is 10.6. The highest BCUT2D eigenvalue weighted by Gasteiger charge is 2.29. The molecular formula is C23H23ClN4O2. The van der Waals surface area contributed by atoms with Crippen LogP contribution in [0.3, 0.4) is 0 Å². The number of aromatic nitrogens is 2. The van der Waals surface area contributed by atoms with Gasteiger partial charge in [0, 0.05) is 48.0 Å². The van der Waals surface area contributed by atoms with Gasteiger partial charge in [-0.2, -0.15) is 5.10 Å². The number of ether oxygens (including phenoxy) is 1. The van der Waals surface area contributed by atoms with E-state index in [1.165, 1.54) is 5.56 Å². The highest BCUT2D eigenvalue weighted by atomic mass is 35.5. The summed E-state index contributed by atoms with van der Waals surface area (Å²) >= 11 is 5.99. The first-order chi connectivity index (χ1) is 14.6. The van der Waals surface area contributed by atoms with Crippen LogP contribution in [-0.2, 0) is 12.8 Å². The maximum Gasteiger partial charge on any atom is 0.272 e. The topological polar surface area (TPSA) is 61.5 Å². The normalized spacial score (nSPS) is 15.5. The van der Waals surface area contributed by atoms with E-state index < -0.39 is 0 Å². The molecule has 1 N–H and O–H groups in total. The summed E-state index contributed by atoms with van der Waals surface area (Å²) in [6.45, 7) is 2.96. The monoisotopic (exact) mass is 422 g/mol. The summed E-state index contributed by atoms with van der Waals surface area (Å²) in [5, 5.41) is 8.27. The van der Waals surface area contributed by atoms with E-state index in [9.17, 15) is 4.79 Å². The third-order valence-electron chi connectivity index (χ3n) is 6.05. The number of aromatic amines is 1. The van der Waals surface area contributed by atoms with Crippen LogP contribution in [0.15, 0.2) is 42.5 Å². The zero-order valence-electron chi connectivity index (χ0n) is 16.8. The van der Waals surface area contributed by atoms with Crippen LogP contribution < -0.4 is 9.64 Å². The van der Waals surface area contributed by atoms with E-state index in [-0.39, 0.29) is 5.91 Å². The number of nitrogens with zero attached hydrogens (tertiary/aromatic N) is 3. The molecule has 2 aromatic carbocycles. The third kappa shape index (κ3) is 3.31. The third-order valence-corrected chi connectivity index (χ3v) is 6.30. The van der Waals surface area contributed by atoms with Gasteiger partial charge < -0.3 is 14.5 Å². The number of amides is 1. The van der Waals surface area contributed by atoms with Crippen molar-refractivity contribution < 1.29 is 9.53 Å². The fraction of sp³-hybridized carbons (Fsp3) is 0.304. The lowest BCUT2D eigenvalue weighted by atomic mass is 9.88. The summed E-state index contributed by atoms with van der Waals surface area (Å²) < 4.78 is 5.34. The van der Waals surface area contributed by atoms with Crippen LogP contribution in [0, 0.1) is 0 Å². The van der Waals surface area contributed by atoms with Gasteiger partial charge in [-0.3, -0.25) is 9.89 Å². The summed E-state index contributed by atoms with van der Waals surface area (Å²) in [6.07, 6.45) is 1.68. The number of rotatable bonds is 3. The Morgan fingerprint density at radius 3 is 2.57 bits per heavy atom. The molecule has 7 heteroatoms. The molecule has 1 aliphatic carbocycles. The van der Waals surface area contributed by atoms with Crippen molar-refractivity contribution in [1.29, 1.82) is 0 Å². The predicted molar refractivity (Wildman–Crippen MR) is 118 cm³/mol. The number of halogens is 1. The molecule has 1 aromatic heterocycles. The number of H-pyrrole nitrogens is 1. The average molecular weight is 423 g/mol. The van der Waals surface area contributed by atoms with E-state index in [0.717, 1.165) is 59.2 Å². The van der Waals surface area contributed by atoms with Gasteiger partial charge in [0.15, 0.2) is 0 Å². The highest BCUT2D eigenvalue weighted by molar-refractivity contribution is 6.30. The Morgan fingerprint density at radius 2 is 1.83 bits per heavy atom. The highest BCUT2D eigenvalue weighted by Crippen LogP contribution is 2.35. The Kier molecular flexibility index (Phi) is 4.87. The molecule has 154 valence electrons. The minimum Gasteiger partial charge on any atom is -0.497 e. The number of fused-ring (bicyclic) bond motifs is 3. The minimum absolute atomic E-state index is 0.0384. The summed E-state index contributed by atoms with van der Waals surface area (Å²) in [5.41, 5.74) is 5.98. The van der Waals surface area contributed by atoms with E-state index in [1.807, 2.05) is 41.3 Å². The second kappa shape index (κ2) is 7.69. The lowest BCUT2D eigenvalue weighted by Gasteiger charge is -2.36. The van der Waals surface area contributed by atoms with E-state index in [4.69, 9.17) is 16.3 Å². The largest absolute Gasteiger partial charge is 0.497 e. The lowest BCUT2D eigenvalue weighted by molar-refractivity contribution is 0.0739. The second-order valence-electron chi connectivity index (χ2n) is 7.70. The molecule has 1 aliphatic heterocycles. The molecule has 0 spiro atoms. The lowest BCUT2D eigenvalue weighted by Crippen LogP contribution is -2.49. The minimum atomic E-state index is 0.0384. The molecule has 2 heterocycles. The van der Waals surface area contributed by atoms with E-state index in [0.29, 0.717) is 18.8 Å². The number of anilines is 1. The van der Waals surface area contributed by atoms with E-state index in [1.54, 1.807) is 7.11 Å². The van der Waals surface area contributed by atoms with Gasteiger partial charge in [-0.05, 0) is 60.9 Å². The SMILES string of the molecule is COc1ccc2c(c1)CCc1c-2n[nH]c1C(=O)N1CCN(c2ccc(Cl)cc2)CC1. The first-order valence-electron chi connectivity index (χ1n) is 10.2. The van der Waals surface area contributed by atoms with Crippen molar-refractivity contribution in [3.63, 3.8) is 0 Å².